The van der Waals surface area contributed by atoms with E-state index in [1.165, 1.54) is 18.3 Å². The van der Waals surface area contributed by atoms with Gasteiger partial charge in [0, 0.05) is 25.1 Å². The van der Waals surface area contributed by atoms with Crippen LogP contribution in [0, 0.1) is 0 Å². The summed E-state index contributed by atoms with van der Waals surface area (Å²) in [5.41, 5.74) is 0.447. The number of ether oxygens (including phenoxy) is 1. The summed E-state index contributed by atoms with van der Waals surface area (Å²) in [6, 6.07) is 2.76. The zero-order valence-electron chi connectivity index (χ0n) is 14.1. The van der Waals surface area contributed by atoms with Crippen LogP contribution in [-0.2, 0) is 21.2 Å². The number of pyridine rings is 1. The minimum Gasteiger partial charge on any atom is -0.468 e. The normalized spacial score (nSPS) is 17.5. The zero-order chi connectivity index (χ0) is 19.4. The maximum Gasteiger partial charge on any atom is 0.422 e. The van der Waals surface area contributed by atoms with Crippen LogP contribution in [0.1, 0.15) is 18.4 Å². The van der Waals surface area contributed by atoms with Gasteiger partial charge in [-0.2, -0.15) is 13.2 Å². The Labute approximate surface area is 149 Å². The molecule has 0 aliphatic carbocycles. The Balaban J connectivity index is 2.04. The summed E-state index contributed by atoms with van der Waals surface area (Å²) >= 11 is 0. The monoisotopic (exact) mass is 395 g/mol. The summed E-state index contributed by atoms with van der Waals surface area (Å²) in [5, 5.41) is 5.58. The molecule has 0 radical (unpaired) electrons. The van der Waals surface area contributed by atoms with E-state index in [-0.39, 0.29) is 25.3 Å². The van der Waals surface area contributed by atoms with Crippen molar-refractivity contribution in [3.8, 4) is 5.88 Å². The molecule has 0 unspecified atom stereocenters. The zero-order valence-corrected chi connectivity index (χ0v) is 14.9. The fraction of sp³-hybridized carbons (Fsp3) is 0.600. The fourth-order valence-corrected chi connectivity index (χ4v) is 4.09. The number of amides is 1. The molecule has 2 rings (SSSR count). The second-order valence-corrected chi connectivity index (χ2v) is 8.43. The highest BCUT2D eigenvalue weighted by Crippen LogP contribution is 2.28. The van der Waals surface area contributed by atoms with E-state index in [1.807, 2.05) is 0 Å². The van der Waals surface area contributed by atoms with Gasteiger partial charge in [-0.05, 0) is 37.6 Å². The van der Waals surface area contributed by atoms with Gasteiger partial charge in [0.15, 0.2) is 21.2 Å². The van der Waals surface area contributed by atoms with Gasteiger partial charge in [-0.1, -0.05) is 0 Å². The Morgan fingerprint density at radius 2 is 2.04 bits per heavy atom. The highest BCUT2D eigenvalue weighted by Gasteiger charge is 2.48. The quantitative estimate of drug-likeness (QED) is 0.740. The van der Waals surface area contributed by atoms with Crippen LogP contribution in [0.5, 0.6) is 5.88 Å². The van der Waals surface area contributed by atoms with Crippen molar-refractivity contribution in [3.05, 3.63) is 23.9 Å². The van der Waals surface area contributed by atoms with Crippen LogP contribution in [-0.4, -0.2) is 56.2 Å². The van der Waals surface area contributed by atoms with Crippen molar-refractivity contribution in [2.45, 2.75) is 30.3 Å². The third-order valence-corrected chi connectivity index (χ3v) is 6.18. The van der Waals surface area contributed by atoms with Gasteiger partial charge in [-0.3, -0.25) is 4.79 Å². The van der Waals surface area contributed by atoms with Gasteiger partial charge in [0.05, 0.1) is 0 Å². The Morgan fingerprint density at radius 3 is 2.62 bits per heavy atom. The predicted molar refractivity (Wildman–Crippen MR) is 87.3 cm³/mol. The van der Waals surface area contributed by atoms with Crippen LogP contribution in [0.2, 0.25) is 0 Å². The molecule has 7 nitrogen and oxygen atoms in total. The molecule has 0 aromatic carbocycles. The standard InChI is InChI=1S/C15H20F3N3O4S/c1-26(23,24)14(3-6-19-7-4-14)13(22)21-9-11-2-5-20-12(8-11)25-10-15(16,17)18/h2,5,8,19H,3-4,6-7,9-10H2,1H3,(H,21,22). The molecular formula is C15H20F3N3O4S. The molecule has 26 heavy (non-hydrogen) atoms. The van der Waals surface area contributed by atoms with Crippen molar-refractivity contribution in [1.82, 2.24) is 15.6 Å². The molecule has 0 saturated carbocycles. The molecule has 1 fully saturated rings. The Kier molecular flexibility index (Phi) is 6.12. The lowest BCUT2D eigenvalue weighted by atomic mass is 9.96. The maximum atomic E-state index is 12.6. The van der Waals surface area contributed by atoms with Crippen molar-refractivity contribution in [2.24, 2.45) is 0 Å². The van der Waals surface area contributed by atoms with Crippen LogP contribution >= 0.6 is 0 Å². The van der Waals surface area contributed by atoms with Gasteiger partial charge in [-0.25, -0.2) is 13.4 Å². The number of carbonyl (C=O) groups is 1. The highest BCUT2D eigenvalue weighted by molar-refractivity contribution is 7.92. The number of hydrogen-bond acceptors (Lipinski definition) is 6. The molecule has 1 aromatic heterocycles. The van der Waals surface area contributed by atoms with Crippen LogP contribution in [0.15, 0.2) is 18.3 Å². The summed E-state index contributed by atoms with van der Waals surface area (Å²) in [6.07, 6.45) is -1.87. The van der Waals surface area contributed by atoms with Crippen molar-refractivity contribution >= 4 is 15.7 Å². The van der Waals surface area contributed by atoms with Gasteiger partial charge in [0.25, 0.3) is 0 Å². The van der Waals surface area contributed by atoms with E-state index < -0.39 is 33.3 Å². The second kappa shape index (κ2) is 7.78. The number of sulfone groups is 1. The van der Waals surface area contributed by atoms with E-state index in [9.17, 15) is 26.4 Å². The van der Waals surface area contributed by atoms with Gasteiger partial charge in [0.2, 0.25) is 11.8 Å². The first-order valence-corrected chi connectivity index (χ1v) is 9.76. The lowest BCUT2D eigenvalue weighted by molar-refractivity contribution is -0.154. The van der Waals surface area contributed by atoms with Crippen molar-refractivity contribution in [1.29, 1.82) is 0 Å². The van der Waals surface area contributed by atoms with Gasteiger partial charge in [0.1, 0.15) is 0 Å². The van der Waals surface area contributed by atoms with Crippen molar-refractivity contribution in [2.75, 3.05) is 26.0 Å². The van der Waals surface area contributed by atoms with Crippen LogP contribution in [0.4, 0.5) is 13.2 Å². The molecule has 1 aliphatic heterocycles. The molecule has 1 aliphatic rings. The first-order valence-electron chi connectivity index (χ1n) is 7.87. The number of nitrogens with one attached hydrogen (secondary N) is 2. The third-order valence-electron chi connectivity index (χ3n) is 4.17. The number of piperidine rings is 1. The van der Waals surface area contributed by atoms with Crippen molar-refractivity contribution in [3.63, 3.8) is 0 Å². The lowest BCUT2D eigenvalue weighted by Gasteiger charge is -2.34. The predicted octanol–water partition coefficient (Wildman–Crippen LogP) is 0.806. The van der Waals surface area contributed by atoms with Crippen LogP contribution in [0.3, 0.4) is 0 Å². The van der Waals surface area contributed by atoms with Gasteiger partial charge >= 0.3 is 6.18 Å². The van der Waals surface area contributed by atoms with E-state index in [4.69, 9.17) is 0 Å². The van der Waals surface area contributed by atoms with E-state index in [0.717, 1.165) is 6.26 Å². The van der Waals surface area contributed by atoms with Crippen LogP contribution < -0.4 is 15.4 Å². The van der Waals surface area contributed by atoms with Gasteiger partial charge < -0.3 is 15.4 Å². The first-order chi connectivity index (χ1) is 12.0. The number of hydrogen-bond donors (Lipinski definition) is 2. The average molecular weight is 395 g/mol. The largest absolute Gasteiger partial charge is 0.468 e. The summed E-state index contributed by atoms with van der Waals surface area (Å²) in [5.74, 6) is -0.843. The summed E-state index contributed by atoms with van der Waals surface area (Å²) in [6.45, 7) is -0.704. The highest BCUT2D eigenvalue weighted by atomic mass is 32.2. The number of alkyl halides is 3. The molecule has 0 atom stereocenters. The topological polar surface area (TPSA) is 97.4 Å². The Bertz CT molecular complexity index is 747. The molecule has 2 heterocycles. The molecule has 0 spiro atoms. The molecule has 0 bridgehead atoms. The van der Waals surface area contributed by atoms with E-state index in [1.54, 1.807) is 0 Å². The lowest BCUT2D eigenvalue weighted by Crippen LogP contribution is -2.57. The minimum atomic E-state index is -4.48. The number of aromatic nitrogens is 1. The van der Waals surface area contributed by atoms with E-state index in [0.29, 0.717) is 18.7 Å². The summed E-state index contributed by atoms with van der Waals surface area (Å²) in [7, 11) is -3.64. The fourth-order valence-electron chi connectivity index (χ4n) is 2.74. The molecular weight excluding hydrogens is 375 g/mol. The molecule has 2 N–H and O–H groups in total. The second-order valence-electron chi connectivity index (χ2n) is 6.11. The Hall–Kier alpha value is -1.88. The molecule has 1 aromatic rings. The number of rotatable bonds is 6. The molecule has 1 saturated heterocycles. The molecule has 1 amide bonds. The smallest absolute Gasteiger partial charge is 0.422 e. The summed E-state index contributed by atoms with van der Waals surface area (Å²) in [4.78, 5) is 16.2. The average Bonchev–Trinajstić information content (AvgIpc) is 2.57. The van der Waals surface area contributed by atoms with Crippen LogP contribution in [0.25, 0.3) is 0 Å². The first kappa shape index (κ1) is 20.4. The maximum absolute atomic E-state index is 12.6. The third kappa shape index (κ3) is 5.07. The van der Waals surface area contributed by atoms with Gasteiger partial charge in [-0.15, -0.1) is 0 Å². The van der Waals surface area contributed by atoms with E-state index >= 15 is 0 Å². The molecule has 11 heteroatoms. The SMILES string of the molecule is CS(=O)(=O)C1(C(=O)NCc2ccnc(OCC(F)(F)F)c2)CCNCC1. The van der Waals surface area contributed by atoms with Crippen molar-refractivity contribution < 1.29 is 31.1 Å². The summed E-state index contributed by atoms with van der Waals surface area (Å²) < 4.78 is 63.9. The number of halogens is 3. The Morgan fingerprint density at radius 1 is 1.38 bits per heavy atom. The minimum absolute atomic E-state index is 0.0472. The van der Waals surface area contributed by atoms with E-state index in [2.05, 4.69) is 20.4 Å². The number of nitrogens with zero attached hydrogens (tertiary/aromatic N) is 1. The molecule has 146 valence electrons. The number of carbonyl (C=O) groups excluding carboxylic acids is 1.